The van der Waals surface area contributed by atoms with Crippen molar-refractivity contribution >= 4 is 23.4 Å². The first-order valence-electron chi connectivity index (χ1n) is 8.47. The van der Waals surface area contributed by atoms with Crippen LogP contribution in [-0.4, -0.2) is 24.3 Å². The molecule has 27 heavy (non-hydrogen) atoms. The number of carbonyl (C=O) groups excluding carboxylic acids is 3. The number of benzene rings is 2. The number of amides is 3. The van der Waals surface area contributed by atoms with Crippen molar-refractivity contribution in [3.63, 3.8) is 0 Å². The highest BCUT2D eigenvalue weighted by atomic mass is 16.5. The van der Waals surface area contributed by atoms with Crippen LogP contribution in [0.1, 0.15) is 23.6 Å². The van der Waals surface area contributed by atoms with Crippen molar-refractivity contribution in [3.8, 4) is 5.75 Å². The van der Waals surface area contributed by atoms with Crippen molar-refractivity contribution in [1.29, 1.82) is 0 Å². The van der Waals surface area contributed by atoms with Gasteiger partial charge in [-0.1, -0.05) is 18.2 Å². The van der Waals surface area contributed by atoms with Crippen LogP contribution >= 0.6 is 0 Å². The quantitative estimate of drug-likeness (QED) is 0.679. The Bertz CT molecular complexity index is 811. The number of hydrogen-bond acceptors (Lipinski definition) is 4. The van der Waals surface area contributed by atoms with Gasteiger partial charge in [0.15, 0.2) is 6.61 Å². The van der Waals surface area contributed by atoms with Crippen LogP contribution in [-0.2, 0) is 20.8 Å². The van der Waals surface area contributed by atoms with Gasteiger partial charge in [-0.3, -0.25) is 25.2 Å². The van der Waals surface area contributed by atoms with Crippen LogP contribution in [0.3, 0.4) is 0 Å². The predicted octanol–water partition coefficient (Wildman–Crippen LogP) is 2.03. The summed E-state index contributed by atoms with van der Waals surface area (Å²) in [5.74, 6) is -0.370. The Balaban J connectivity index is 1.74. The Morgan fingerprint density at radius 2 is 1.48 bits per heavy atom. The zero-order chi connectivity index (χ0) is 19.8. The smallest absolute Gasteiger partial charge is 0.276 e. The zero-order valence-electron chi connectivity index (χ0n) is 15.6. The number of rotatable bonds is 6. The molecule has 0 saturated carbocycles. The normalized spacial score (nSPS) is 10.0. The van der Waals surface area contributed by atoms with Crippen LogP contribution in [0.15, 0.2) is 42.5 Å². The highest BCUT2D eigenvalue weighted by Crippen LogP contribution is 2.15. The minimum absolute atomic E-state index is 0.0958. The summed E-state index contributed by atoms with van der Waals surface area (Å²) in [5, 5.41) is 2.65. The molecule has 2 aromatic rings. The fourth-order valence-electron chi connectivity index (χ4n) is 2.48. The van der Waals surface area contributed by atoms with Crippen molar-refractivity contribution in [2.24, 2.45) is 0 Å². The summed E-state index contributed by atoms with van der Waals surface area (Å²) < 4.78 is 5.43. The van der Waals surface area contributed by atoms with Crippen molar-refractivity contribution < 1.29 is 19.1 Å². The number of nitrogens with one attached hydrogen (secondary N) is 3. The molecule has 0 heterocycles. The molecule has 0 radical (unpaired) electrons. The topological polar surface area (TPSA) is 96.5 Å². The predicted molar refractivity (Wildman–Crippen MR) is 102 cm³/mol. The van der Waals surface area contributed by atoms with Gasteiger partial charge < -0.3 is 10.1 Å². The lowest BCUT2D eigenvalue weighted by molar-refractivity contribution is -0.129. The molecule has 142 valence electrons. The summed E-state index contributed by atoms with van der Waals surface area (Å²) in [7, 11) is 0. The van der Waals surface area contributed by atoms with E-state index >= 15 is 0 Å². The molecule has 3 N–H and O–H groups in total. The average molecular weight is 369 g/mol. The number of aryl methyl sites for hydroxylation is 2. The lowest BCUT2D eigenvalue weighted by atomic mass is 10.1. The van der Waals surface area contributed by atoms with E-state index in [-0.39, 0.29) is 24.8 Å². The van der Waals surface area contributed by atoms with E-state index in [0.29, 0.717) is 11.4 Å². The SMILES string of the molecule is CC(=O)Nc1ccc(CC(=O)NNC(=O)COc2cc(C)cc(C)c2)cc1. The van der Waals surface area contributed by atoms with Crippen LogP contribution < -0.4 is 20.9 Å². The first-order valence-corrected chi connectivity index (χ1v) is 8.47. The van der Waals surface area contributed by atoms with Gasteiger partial charge in [0.25, 0.3) is 5.91 Å². The summed E-state index contributed by atoms with van der Waals surface area (Å²) in [5.41, 5.74) is 8.17. The van der Waals surface area contributed by atoms with Gasteiger partial charge in [0.05, 0.1) is 6.42 Å². The third-order valence-corrected chi connectivity index (χ3v) is 3.55. The van der Waals surface area contributed by atoms with Gasteiger partial charge in [-0.05, 0) is 54.8 Å². The van der Waals surface area contributed by atoms with E-state index in [4.69, 9.17) is 4.74 Å². The minimum Gasteiger partial charge on any atom is -0.484 e. The molecule has 0 atom stereocenters. The van der Waals surface area contributed by atoms with Gasteiger partial charge in [0.2, 0.25) is 11.8 Å². The Morgan fingerprint density at radius 1 is 0.889 bits per heavy atom. The summed E-state index contributed by atoms with van der Waals surface area (Å²) in [4.78, 5) is 34.7. The number of hydrogen-bond donors (Lipinski definition) is 3. The summed E-state index contributed by atoms with van der Waals surface area (Å²) in [6.07, 6.45) is 0.0958. The second-order valence-corrected chi connectivity index (χ2v) is 6.26. The van der Waals surface area contributed by atoms with Crippen LogP contribution in [0.2, 0.25) is 0 Å². The number of carbonyl (C=O) groups is 3. The number of anilines is 1. The lowest BCUT2D eigenvalue weighted by Gasteiger charge is -2.10. The molecule has 0 bridgehead atoms. The Kier molecular flexibility index (Phi) is 6.93. The van der Waals surface area contributed by atoms with Crippen molar-refractivity contribution in [1.82, 2.24) is 10.9 Å². The largest absolute Gasteiger partial charge is 0.484 e. The average Bonchev–Trinajstić information content (AvgIpc) is 2.58. The van der Waals surface area contributed by atoms with Crippen LogP contribution in [0.5, 0.6) is 5.75 Å². The minimum atomic E-state index is -0.455. The third-order valence-electron chi connectivity index (χ3n) is 3.55. The maximum atomic E-state index is 11.9. The van der Waals surface area contributed by atoms with Crippen LogP contribution in [0.4, 0.5) is 5.69 Å². The lowest BCUT2D eigenvalue weighted by Crippen LogP contribution is -2.44. The van der Waals surface area contributed by atoms with E-state index in [1.165, 1.54) is 6.92 Å². The van der Waals surface area contributed by atoms with Gasteiger partial charge in [0.1, 0.15) is 5.75 Å². The zero-order valence-corrected chi connectivity index (χ0v) is 15.6. The molecular formula is C20H23N3O4. The first kappa shape index (κ1) is 20.0. The molecule has 0 aliphatic carbocycles. The summed E-state index contributed by atoms with van der Waals surface area (Å²) in [6.45, 7) is 5.12. The molecule has 0 saturated heterocycles. The number of hydrazine groups is 1. The molecule has 2 aromatic carbocycles. The molecule has 0 aliphatic heterocycles. The molecule has 7 nitrogen and oxygen atoms in total. The maximum absolute atomic E-state index is 11.9. The highest BCUT2D eigenvalue weighted by molar-refractivity contribution is 5.88. The van der Waals surface area contributed by atoms with Crippen molar-refractivity contribution in [3.05, 3.63) is 59.2 Å². The van der Waals surface area contributed by atoms with Crippen LogP contribution in [0.25, 0.3) is 0 Å². The number of ether oxygens (including phenoxy) is 1. The fraction of sp³-hybridized carbons (Fsp3) is 0.250. The monoisotopic (exact) mass is 369 g/mol. The second kappa shape index (κ2) is 9.38. The highest BCUT2D eigenvalue weighted by Gasteiger charge is 2.07. The molecule has 0 fully saturated rings. The molecule has 0 spiro atoms. The maximum Gasteiger partial charge on any atom is 0.276 e. The van der Waals surface area contributed by atoms with Crippen molar-refractivity contribution in [2.75, 3.05) is 11.9 Å². The van der Waals surface area contributed by atoms with Gasteiger partial charge in [-0.15, -0.1) is 0 Å². The van der Waals surface area contributed by atoms with E-state index in [1.807, 2.05) is 32.0 Å². The summed E-state index contributed by atoms with van der Waals surface area (Å²) >= 11 is 0. The molecule has 0 aromatic heterocycles. The van der Waals surface area contributed by atoms with Crippen molar-refractivity contribution in [2.45, 2.75) is 27.2 Å². The molecule has 3 amide bonds. The van der Waals surface area contributed by atoms with Gasteiger partial charge >= 0.3 is 0 Å². The van der Waals surface area contributed by atoms with Gasteiger partial charge in [0, 0.05) is 12.6 Å². The van der Waals surface area contributed by atoms with E-state index in [1.54, 1.807) is 24.3 Å². The van der Waals surface area contributed by atoms with E-state index in [2.05, 4.69) is 16.2 Å². The molecule has 7 heteroatoms. The van der Waals surface area contributed by atoms with E-state index in [9.17, 15) is 14.4 Å². The second-order valence-electron chi connectivity index (χ2n) is 6.26. The Hall–Kier alpha value is -3.35. The molecule has 0 aliphatic rings. The third kappa shape index (κ3) is 7.19. The van der Waals surface area contributed by atoms with Gasteiger partial charge in [-0.2, -0.15) is 0 Å². The first-order chi connectivity index (χ1) is 12.8. The fourth-order valence-corrected chi connectivity index (χ4v) is 2.48. The van der Waals surface area contributed by atoms with Gasteiger partial charge in [-0.25, -0.2) is 0 Å². The Morgan fingerprint density at radius 3 is 2.07 bits per heavy atom. The van der Waals surface area contributed by atoms with E-state index < -0.39 is 5.91 Å². The molecular weight excluding hydrogens is 346 g/mol. The van der Waals surface area contributed by atoms with E-state index in [0.717, 1.165) is 16.7 Å². The molecule has 2 rings (SSSR count). The standard InChI is InChI=1S/C20H23N3O4/c1-13-8-14(2)10-18(9-13)27-12-20(26)23-22-19(25)11-16-4-6-17(7-5-16)21-15(3)24/h4-10H,11-12H2,1-3H3,(H,21,24)(H,22,25)(H,23,26). The Labute approximate surface area is 158 Å². The van der Waals surface area contributed by atoms with Crippen LogP contribution in [0, 0.1) is 13.8 Å². The molecule has 0 unspecified atom stereocenters. The summed E-state index contributed by atoms with van der Waals surface area (Å²) in [6, 6.07) is 12.6.